The molecule has 0 bridgehead atoms. The molecule has 0 spiro atoms. The van der Waals surface area contributed by atoms with E-state index in [9.17, 15) is 0 Å². The van der Waals surface area contributed by atoms with Crippen molar-refractivity contribution in [2.75, 3.05) is 13.2 Å². The highest BCUT2D eigenvalue weighted by molar-refractivity contribution is 4.81. The van der Waals surface area contributed by atoms with E-state index in [1.807, 2.05) is 0 Å². The summed E-state index contributed by atoms with van der Waals surface area (Å²) in [5, 5.41) is 0. The molecule has 1 rings (SSSR count). The smallest absolute Gasteiger partial charge is 0.0608 e. The summed E-state index contributed by atoms with van der Waals surface area (Å²) >= 11 is 0. The van der Waals surface area contributed by atoms with E-state index in [0.29, 0.717) is 18.1 Å². The van der Waals surface area contributed by atoms with E-state index in [2.05, 4.69) is 41.5 Å². The van der Waals surface area contributed by atoms with Gasteiger partial charge in [-0.2, -0.15) is 0 Å². The van der Waals surface area contributed by atoms with Crippen LogP contribution in [0.1, 0.15) is 80.1 Å². The largest absolute Gasteiger partial charge is 0.378 e. The Morgan fingerprint density at radius 1 is 1.09 bits per heavy atom. The Kier molecular flexibility index (Phi) is 9.66. The lowest BCUT2D eigenvalue weighted by molar-refractivity contribution is -0.0563. The second-order valence-corrected chi connectivity index (χ2v) is 8.07. The van der Waals surface area contributed by atoms with Crippen LogP contribution in [0.2, 0.25) is 0 Å². The zero-order valence-corrected chi connectivity index (χ0v) is 15.9. The molecule has 1 saturated carbocycles. The van der Waals surface area contributed by atoms with Crippen LogP contribution >= 0.6 is 0 Å². The molecule has 0 aliphatic heterocycles. The molecule has 0 heterocycles. The molecule has 2 nitrogen and oxygen atoms in total. The summed E-state index contributed by atoms with van der Waals surface area (Å²) in [7, 11) is 0. The van der Waals surface area contributed by atoms with Crippen molar-refractivity contribution in [1.82, 2.24) is 0 Å². The molecule has 0 N–H and O–H groups in total. The summed E-state index contributed by atoms with van der Waals surface area (Å²) in [4.78, 5) is 0. The van der Waals surface area contributed by atoms with Crippen LogP contribution in [0.15, 0.2) is 0 Å². The van der Waals surface area contributed by atoms with Crippen LogP contribution in [0.4, 0.5) is 0 Å². The standard InChI is InChI=1S/C20H40O2/c1-7-8-11-21-18(6)12-17(5)14-22-20-13-16(4)9-10-19(20)15(2)3/h15-20H,7-14H2,1-6H3. The SMILES string of the molecule is CCCCOC(C)CC(C)COC1CC(C)CCC1C(C)C. The third kappa shape index (κ3) is 7.46. The Balaban J connectivity index is 2.30. The summed E-state index contributed by atoms with van der Waals surface area (Å²) in [6, 6.07) is 0. The van der Waals surface area contributed by atoms with Crippen LogP contribution < -0.4 is 0 Å². The molecule has 0 saturated heterocycles. The van der Waals surface area contributed by atoms with Gasteiger partial charge in [0, 0.05) is 13.2 Å². The fourth-order valence-corrected chi connectivity index (χ4v) is 3.73. The quantitative estimate of drug-likeness (QED) is 0.482. The van der Waals surface area contributed by atoms with Gasteiger partial charge in [0.1, 0.15) is 0 Å². The first-order valence-electron chi connectivity index (χ1n) is 9.67. The molecular formula is C20H40O2. The van der Waals surface area contributed by atoms with Crippen molar-refractivity contribution in [2.24, 2.45) is 23.7 Å². The van der Waals surface area contributed by atoms with Crippen molar-refractivity contribution in [3.05, 3.63) is 0 Å². The summed E-state index contributed by atoms with van der Waals surface area (Å²) in [6.07, 6.45) is 8.29. The number of rotatable bonds is 10. The Morgan fingerprint density at radius 3 is 2.45 bits per heavy atom. The maximum Gasteiger partial charge on any atom is 0.0608 e. The average molecular weight is 313 g/mol. The minimum atomic E-state index is 0.358. The number of unbranched alkanes of at least 4 members (excludes halogenated alkanes) is 1. The highest BCUT2D eigenvalue weighted by atomic mass is 16.5. The number of hydrogen-bond donors (Lipinski definition) is 0. The van der Waals surface area contributed by atoms with Gasteiger partial charge in [0.2, 0.25) is 0 Å². The fourth-order valence-electron chi connectivity index (χ4n) is 3.73. The monoisotopic (exact) mass is 312 g/mol. The highest BCUT2D eigenvalue weighted by Gasteiger charge is 2.31. The van der Waals surface area contributed by atoms with Gasteiger partial charge in [0.05, 0.1) is 12.2 Å². The van der Waals surface area contributed by atoms with Gasteiger partial charge in [-0.1, -0.05) is 47.5 Å². The maximum absolute atomic E-state index is 6.36. The Hall–Kier alpha value is -0.0800. The van der Waals surface area contributed by atoms with Crippen LogP contribution in [0.5, 0.6) is 0 Å². The summed E-state index contributed by atoms with van der Waals surface area (Å²) in [5.41, 5.74) is 0. The van der Waals surface area contributed by atoms with Gasteiger partial charge < -0.3 is 9.47 Å². The molecule has 1 fully saturated rings. The molecule has 5 atom stereocenters. The van der Waals surface area contributed by atoms with E-state index in [0.717, 1.165) is 37.4 Å². The molecule has 0 amide bonds. The first kappa shape index (κ1) is 20.0. The predicted molar refractivity (Wildman–Crippen MR) is 95.2 cm³/mol. The van der Waals surface area contributed by atoms with Crippen LogP contribution in [0.25, 0.3) is 0 Å². The van der Waals surface area contributed by atoms with E-state index in [-0.39, 0.29) is 0 Å². The summed E-state index contributed by atoms with van der Waals surface area (Å²) in [5.74, 6) is 2.90. The average Bonchev–Trinajstić information content (AvgIpc) is 2.45. The molecule has 132 valence electrons. The first-order chi connectivity index (χ1) is 10.4. The fraction of sp³-hybridized carbons (Fsp3) is 1.00. The molecule has 22 heavy (non-hydrogen) atoms. The first-order valence-corrected chi connectivity index (χ1v) is 9.67. The third-order valence-electron chi connectivity index (χ3n) is 5.19. The molecule has 0 aromatic heterocycles. The molecule has 0 radical (unpaired) electrons. The molecule has 5 unspecified atom stereocenters. The topological polar surface area (TPSA) is 18.5 Å². The summed E-state index contributed by atoms with van der Waals surface area (Å²) in [6.45, 7) is 15.6. The maximum atomic E-state index is 6.36. The van der Waals surface area contributed by atoms with Gasteiger partial charge in [-0.05, 0) is 56.3 Å². The van der Waals surface area contributed by atoms with E-state index < -0.39 is 0 Å². The molecule has 1 aliphatic carbocycles. The molecular weight excluding hydrogens is 272 g/mol. The normalized spacial score (nSPS) is 28.8. The Morgan fingerprint density at radius 2 is 1.82 bits per heavy atom. The van der Waals surface area contributed by atoms with Crippen LogP contribution in [-0.2, 0) is 9.47 Å². The third-order valence-corrected chi connectivity index (χ3v) is 5.19. The van der Waals surface area contributed by atoms with Crippen molar-refractivity contribution in [2.45, 2.75) is 92.3 Å². The van der Waals surface area contributed by atoms with Crippen LogP contribution in [-0.4, -0.2) is 25.4 Å². The van der Waals surface area contributed by atoms with Crippen molar-refractivity contribution < 1.29 is 9.47 Å². The highest BCUT2D eigenvalue weighted by Crippen LogP contribution is 2.35. The van der Waals surface area contributed by atoms with Gasteiger partial charge >= 0.3 is 0 Å². The van der Waals surface area contributed by atoms with Crippen molar-refractivity contribution >= 4 is 0 Å². The second kappa shape index (κ2) is 10.6. The predicted octanol–water partition coefficient (Wildman–Crippen LogP) is 5.70. The van der Waals surface area contributed by atoms with Crippen molar-refractivity contribution in [3.63, 3.8) is 0 Å². The van der Waals surface area contributed by atoms with Gasteiger partial charge in [-0.15, -0.1) is 0 Å². The molecule has 1 aliphatic rings. The lowest BCUT2D eigenvalue weighted by atomic mass is 9.75. The Bertz CT molecular complexity index is 277. The van der Waals surface area contributed by atoms with E-state index in [1.165, 1.54) is 32.1 Å². The van der Waals surface area contributed by atoms with Gasteiger partial charge in [0.25, 0.3) is 0 Å². The summed E-state index contributed by atoms with van der Waals surface area (Å²) < 4.78 is 12.2. The minimum absolute atomic E-state index is 0.358. The number of hydrogen-bond acceptors (Lipinski definition) is 2. The van der Waals surface area contributed by atoms with Crippen LogP contribution in [0.3, 0.4) is 0 Å². The zero-order chi connectivity index (χ0) is 16.5. The Labute approximate surface area is 139 Å². The lowest BCUT2D eigenvalue weighted by Gasteiger charge is -2.37. The van der Waals surface area contributed by atoms with Gasteiger partial charge in [0.15, 0.2) is 0 Å². The lowest BCUT2D eigenvalue weighted by Crippen LogP contribution is -2.35. The van der Waals surface area contributed by atoms with Crippen molar-refractivity contribution in [3.8, 4) is 0 Å². The second-order valence-electron chi connectivity index (χ2n) is 8.07. The van der Waals surface area contributed by atoms with Gasteiger partial charge in [-0.3, -0.25) is 0 Å². The van der Waals surface area contributed by atoms with E-state index in [4.69, 9.17) is 9.47 Å². The van der Waals surface area contributed by atoms with Crippen LogP contribution in [0, 0.1) is 23.7 Å². The molecule has 0 aromatic carbocycles. The van der Waals surface area contributed by atoms with E-state index in [1.54, 1.807) is 0 Å². The zero-order valence-electron chi connectivity index (χ0n) is 15.9. The molecule has 2 heteroatoms. The van der Waals surface area contributed by atoms with Gasteiger partial charge in [-0.25, -0.2) is 0 Å². The van der Waals surface area contributed by atoms with E-state index >= 15 is 0 Å². The molecule has 0 aromatic rings. The van der Waals surface area contributed by atoms with Crippen molar-refractivity contribution in [1.29, 1.82) is 0 Å². The minimum Gasteiger partial charge on any atom is -0.378 e. The number of ether oxygens (including phenoxy) is 2.